The minimum Gasteiger partial charge on any atom is -0.460 e. The number of esters is 1. The van der Waals surface area contributed by atoms with Gasteiger partial charge in [-0.25, -0.2) is 4.79 Å². The van der Waals surface area contributed by atoms with Crippen molar-refractivity contribution in [2.24, 2.45) is 5.10 Å². The number of hydrogen-bond acceptors (Lipinski definition) is 5. The van der Waals surface area contributed by atoms with E-state index in [1.54, 1.807) is 6.92 Å². The molecule has 0 saturated heterocycles. The van der Waals surface area contributed by atoms with E-state index in [-0.39, 0.29) is 0 Å². The number of furan rings is 1. The Morgan fingerprint density at radius 1 is 1.30 bits per heavy atom. The van der Waals surface area contributed by atoms with Gasteiger partial charge in [0.15, 0.2) is 0 Å². The van der Waals surface area contributed by atoms with E-state index < -0.39 is 5.97 Å². The van der Waals surface area contributed by atoms with Gasteiger partial charge in [-0.15, -0.1) is 0 Å². The second kappa shape index (κ2) is 6.69. The number of hydrogen-bond donors (Lipinski definition) is 1. The summed E-state index contributed by atoms with van der Waals surface area (Å²) in [6.45, 7) is 4.00. The monoisotopic (exact) mass is 312 g/mol. The zero-order valence-electron chi connectivity index (χ0n) is 13.4. The van der Waals surface area contributed by atoms with Crippen LogP contribution in [-0.2, 0) is 11.2 Å². The first-order valence-electron chi connectivity index (χ1n) is 7.88. The molecule has 0 spiro atoms. The number of hydrazone groups is 1. The molecule has 0 amide bonds. The molecular weight excluding hydrogens is 292 g/mol. The number of aryl methyl sites for hydroxylation is 1. The van der Waals surface area contributed by atoms with Crippen LogP contribution >= 0.6 is 0 Å². The molecule has 0 atom stereocenters. The number of carbonyl (C=O) groups is 1. The summed E-state index contributed by atoms with van der Waals surface area (Å²) in [4.78, 5) is 12.0. The van der Waals surface area contributed by atoms with Crippen LogP contribution in [-0.4, -0.2) is 18.3 Å². The highest BCUT2D eigenvalue weighted by molar-refractivity contribution is 6.06. The standard InChI is InChI=1S/C18H20N2O3/c1-3-22-18(21)17-12(2)16-14(10-7-11-15(16)23-17)20-19-13-8-5-4-6-9-13/h4-6,8-9,19H,3,7,10-11H2,1-2H3/b20-14+. The first-order valence-corrected chi connectivity index (χ1v) is 7.88. The fourth-order valence-corrected chi connectivity index (χ4v) is 2.82. The van der Waals surface area contributed by atoms with Gasteiger partial charge in [-0.05, 0) is 38.8 Å². The Balaban J connectivity index is 1.91. The quantitative estimate of drug-likeness (QED) is 0.686. The number of ether oxygens (including phenoxy) is 1. The summed E-state index contributed by atoms with van der Waals surface area (Å²) < 4.78 is 10.8. The maximum absolute atomic E-state index is 12.0. The van der Waals surface area contributed by atoms with Crippen LogP contribution in [0.3, 0.4) is 0 Å². The van der Waals surface area contributed by atoms with E-state index in [9.17, 15) is 4.79 Å². The third-order valence-corrected chi connectivity index (χ3v) is 3.88. The highest BCUT2D eigenvalue weighted by Gasteiger charge is 2.28. The summed E-state index contributed by atoms with van der Waals surface area (Å²) >= 11 is 0. The minimum absolute atomic E-state index is 0.297. The molecular formula is C18H20N2O3. The van der Waals surface area contributed by atoms with Crippen molar-refractivity contribution in [1.82, 2.24) is 0 Å². The second-order valence-electron chi connectivity index (χ2n) is 5.46. The molecule has 0 saturated carbocycles. The van der Waals surface area contributed by atoms with Crippen LogP contribution in [0.15, 0.2) is 39.9 Å². The largest absolute Gasteiger partial charge is 0.460 e. The maximum Gasteiger partial charge on any atom is 0.374 e. The van der Waals surface area contributed by atoms with Gasteiger partial charge in [0.2, 0.25) is 5.76 Å². The van der Waals surface area contributed by atoms with Gasteiger partial charge in [-0.1, -0.05) is 18.2 Å². The number of fused-ring (bicyclic) bond motifs is 1. The number of anilines is 1. The smallest absolute Gasteiger partial charge is 0.374 e. The first-order chi connectivity index (χ1) is 11.2. The van der Waals surface area contributed by atoms with Crippen molar-refractivity contribution < 1.29 is 13.9 Å². The number of rotatable bonds is 4. The molecule has 1 N–H and O–H groups in total. The summed E-state index contributed by atoms with van der Waals surface area (Å²) in [5.41, 5.74) is 6.69. The molecule has 5 nitrogen and oxygen atoms in total. The van der Waals surface area contributed by atoms with Crippen LogP contribution in [0.4, 0.5) is 5.69 Å². The molecule has 0 aliphatic heterocycles. The van der Waals surface area contributed by atoms with Gasteiger partial charge in [0, 0.05) is 17.5 Å². The Kier molecular flexibility index (Phi) is 4.46. The Hall–Kier alpha value is -2.56. The summed E-state index contributed by atoms with van der Waals surface area (Å²) in [7, 11) is 0. The summed E-state index contributed by atoms with van der Waals surface area (Å²) in [5, 5.41) is 4.53. The van der Waals surface area contributed by atoms with Crippen LogP contribution in [0.25, 0.3) is 0 Å². The Bertz CT molecular complexity index is 732. The molecule has 0 bridgehead atoms. The third kappa shape index (κ3) is 3.13. The predicted molar refractivity (Wildman–Crippen MR) is 88.9 cm³/mol. The fourth-order valence-electron chi connectivity index (χ4n) is 2.82. The van der Waals surface area contributed by atoms with Gasteiger partial charge in [-0.2, -0.15) is 5.10 Å². The molecule has 1 heterocycles. The molecule has 1 aromatic carbocycles. The highest BCUT2D eigenvalue weighted by Crippen LogP contribution is 2.30. The lowest BCUT2D eigenvalue weighted by Crippen LogP contribution is -2.13. The lowest BCUT2D eigenvalue weighted by molar-refractivity contribution is 0.0487. The van der Waals surface area contributed by atoms with E-state index in [0.29, 0.717) is 12.4 Å². The lowest BCUT2D eigenvalue weighted by atomic mass is 9.93. The van der Waals surface area contributed by atoms with Crippen molar-refractivity contribution in [3.63, 3.8) is 0 Å². The van der Waals surface area contributed by atoms with E-state index in [0.717, 1.165) is 47.5 Å². The molecule has 0 unspecified atom stereocenters. The van der Waals surface area contributed by atoms with Crippen molar-refractivity contribution in [3.05, 3.63) is 53.0 Å². The molecule has 2 aromatic rings. The summed E-state index contributed by atoms with van der Waals surface area (Å²) in [5.74, 6) is 0.714. The van der Waals surface area contributed by atoms with Crippen LogP contribution < -0.4 is 5.43 Å². The molecule has 1 aliphatic rings. The lowest BCUT2D eigenvalue weighted by Gasteiger charge is -2.13. The average Bonchev–Trinajstić information content (AvgIpc) is 2.92. The SMILES string of the molecule is CCOC(=O)c1oc2c(c1C)/C(=N/Nc1ccccc1)CCC2. The Morgan fingerprint density at radius 2 is 2.09 bits per heavy atom. The van der Waals surface area contributed by atoms with Crippen LogP contribution in [0, 0.1) is 6.92 Å². The van der Waals surface area contributed by atoms with Crippen LogP contribution in [0.1, 0.15) is 47.2 Å². The predicted octanol–water partition coefficient (Wildman–Crippen LogP) is 3.92. The Morgan fingerprint density at radius 3 is 2.83 bits per heavy atom. The zero-order valence-corrected chi connectivity index (χ0v) is 13.4. The molecule has 23 heavy (non-hydrogen) atoms. The molecule has 0 radical (unpaired) electrons. The topological polar surface area (TPSA) is 63.8 Å². The van der Waals surface area contributed by atoms with Crippen molar-refractivity contribution in [2.45, 2.75) is 33.1 Å². The average molecular weight is 312 g/mol. The number of carbonyl (C=O) groups excluding carboxylic acids is 1. The maximum atomic E-state index is 12.0. The van der Waals surface area contributed by atoms with Crippen molar-refractivity contribution >= 4 is 17.4 Å². The number of benzene rings is 1. The van der Waals surface area contributed by atoms with Gasteiger partial charge in [-0.3, -0.25) is 5.43 Å². The van der Waals surface area contributed by atoms with E-state index in [1.165, 1.54) is 0 Å². The van der Waals surface area contributed by atoms with Gasteiger partial charge in [0.1, 0.15) is 5.76 Å². The molecule has 1 aromatic heterocycles. The van der Waals surface area contributed by atoms with Crippen molar-refractivity contribution in [3.8, 4) is 0 Å². The fraction of sp³-hybridized carbons (Fsp3) is 0.333. The zero-order chi connectivity index (χ0) is 16.2. The Labute approximate surface area is 135 Å². The van der Waals surface area contributed by atoms with E-state index in [1.807, 2.05) is 37.3 Å². The normalized spacial score (nSPS) is 15.3. The third-order valence-electron chi connectivity index (χ3n) is 3.88. The summed E-state index contributed by atoms with van der Waals surface area (Å²) in [6.07, 6.45) is 2.63. The highest BCUT2D eigenvalue weighted by atomic mass is 16.5. The van der Waals surface area contributed by atoms with E-state index in [2.05, 4.69) is 10.5 Å². The van der Waals surface area contributed by atoms with Gasteiger partial charge in [0.25, 0.3) is 0 Å². The van der Waals surface area contributed by atoms with Gasteiger partial charge >= 0.3 is 5.97 Å². The number of para-hydroxylation sites is 1. The first kappa shape index (κ1) is 15.3. The molecule has 0 fully saturated rings. The van der Waals surface area contributed by atoms with E-state index >= 15 is 0 Å². The van der Waals surface area contributed by atoms with E-state index in [4.69, 9.17) is 9.15 Å². The minimum atomic E-state index is -0.408. The van der Waals surface area contributed by atoms with Crippen molar-refractivity contribution in [1.29, 1.82) is 0 Å². The van der Waals surface area contributed by atoms with Crippen molar-refractivity contribution in [2.75, 3.05) is 12.0 Å². The van der Waals surface area contributed by atoms with Crippen LogP contribution in [0.2, 0.25) is 0 Å². The summed E-state index contributed by atoms with van der Waals surface area (Å²) in [6, 6.07) is 9.79. The van der Waals surface area contributed by atoms with Gasteiger partial charge < -0.3 is 9.15 Å². The number of nitrogens with one attached hydrogen (secondary N) is 1. The number of nitrogens with zero attached hydrogens (tertiary/aromatic N) is 1. The van der Waals surface area contributed by atoms with Gasteiger partial charge in [0.05, 0.1) is 18.0 Å². The van der Waals surface area contributed by atoms with Crippen LogP contribution in [0.5, 0.6) is 0 Å². The molecule has 1 aliphatic carbocycles. The molecule has 120 valence electrons. The molecule has 5 heteroatoms. The molecule has 3 rings (SSSR count). The second-order valence-corrected chi connectivity index (χ2v) is 5.46.